The minimum absolute atomic E-state index is 0.365. The van der Waals surface area contributed by atoms with Gasteiger partial charge >= 0.3 is 5.97 Å². The van der Waals surface area contributed by atoms with Gasteiger partial charge in [-0.1, -0.05) is 18.2 Å². The van der Waals surface area contributed by atoms with Crippen molar-refractivity contribution in [1.82, 2.24) is 0 Å². The second-order valence-corrected chi connectivity index (χ2v) is 6.81. The molecule has 0 aliphatic heterocycles. The molecule has 0 bridgehead atoms. The highest BCUT2D eigenvalue weighted by atomic mass is 127. The number of amides is 1. The molecule has 0 fully saturated rings. The Bertz CT molecular complexity index is 1040. The van der Waals surface area contributed by atoms with Gasteiger partial charge in [0.2, 0.25) is 0 Å². The summed E-state index contributed by atoms with van der Waals surface area (Å²) in [5, 5.41) is 7.59. The van der Waals surface area contributed by atoms with Crippen molar-refractivity contribution in [2.75, 3.05) is 11.2 Å². The fourth-order valence-corrected chi connectivity index (χ4v) is 2.82. The Balaban J connectivity index is 1.58. The van der Waals surface area contributed by atoms with Gasteiger partial charge in [-0.3, -0.25) is 4.79 Å². The molecule has 28 heavy (non-hydrogen) atoms. The number of rotatable bonds is 5. The van der Waals surface area contributed by atoms with E-state index < -0.39 is 11.9 Å². The van der Waals surface area contributed by atoms with Gasteiger partial charge in [-0.25, -0.2) is 10.3 Å². The van der Waals surface area contributed by atoms with Crippen LogP contribution in [0.5, 0.6) is 0 Å². The largest absolute Gasteiger partial charge is 0.399 e. The van der Waals surface area contributed by atoms with Crippen LogP contribution in [0.4, 0.5) is 17.1 Å². The number of nitrogen functional groups attached to an aromatic ring is 1. The van der Waals surface area contributed by atoms with Crippen LogP contribution in [-0.4, -0.2) is 11.9 Å². The predicted octanol–water partition coefficient (Wildman–Crippen LogP) is 4.98. The van der Waals surface area contributed by atoms with Crippen LogP contribution in [0, 0.1) is 3.57 Å². The van der Waals surface area contributed by atoms with Crippen molar-refractivity contribution in [2.45, 2.75) is 0 Å². The minimum Gasteiger partial charge on any atom is -0.399 e. The van der Waals surface area contributed by atoms with Crippen LogP contribution in [0.25, 0.3) is 0 Å². The molecule has 140 valence electrons. The van der Waals surface area contributed by atoms with Crippen LogP contribution in [0.1, 0.15) is 20.7 Å². The van der Waals surface area contributed by atoms with Crippen molar-refractivity contribution in [2.24, 2.45) is 10.2 Å². The van der Waals surface area contributed by atoms with E-state index in [2.05, 4.69) is 38.3 Å². The van der Waals surface area contributed by atoms with E-state index in [1.807, 2.05) is 12.1 Å². The van der Waals surface area contributed by atoms with E-state index in [1.165, 1.54) is 6.07 Å². The molecule has 0 heterocycles. The van der Waals surface area contributed by atoms with Gasteiger partial charge in [-0.05, 0) is 77.2 Å². The molecule has 3 N–H and O–H groups in total. The zero-order valence-corrected chi connectivity index (χ0v) is 16.7. The SMILES string of the molecule is Nc1cccc(C(=O)N=Nc2ccc(NOC(=O)c3ccccc3I)cc2)c1. The fraction of sp³-hybridized carbons (Fsp3) is 0. The Morgan fingerprint density at radius 3 is 2.43 bits per heavy atom. The quantitative estimate of drug-likeness (QED) is 0.229. The van der Waals surface area contributed by atoms with Gasteiger partial charge in [0, 0.05) is 14.8 Å². The molecular weight excluding hydrogens is 471 g/mol. The highest BCUT2D eigenvalue weighted by Crippen LogP contribution is 2.19. The molecule has 0 aliphatic rings. The Morgan fingerprint density at radius 1 is 0.964 bits per heavy atom. The molecule has 0 saturated heterocycles. The lowest BCUT2D eigenvalue weighted by atomic mass is 10.2. The third-order valence-corrected chi connectivity index (χ3v) is 4.55. The van der Waals surface area contributed by atoms with Crippen molar-refractivity contribution in [3.05, 3.63) is 87.5 Å². The number of nitrogens with one attached hydrogen (secondary N) is 1. The topological polar surface area (TPSA) is 106 Å². The van der Waals surface area contributed by atoms with Crippen LogP contribution >= 0.6 is 22.6 Å². The first-order chi connectivity index (χ1) is 13.5. The maximum absolute atomic E-state index is 12.1. The predicted molar refractivity (Wildman–Crippen MR) is 114 cm³/mol. The van der Waals surface area contributed by atoms with E-state index >= 15 is 0 Å². The average molecular weight is 486 g/mol. The minimum atomic E-state index is -0.485. The molecule has 3 aromatic carbocycles. The summed E-state index contributed by atoms with van der Waals surface area (Å²) in [5.74, 6) is -0.970. The zero-order chi connectivity index (χ0) is 19.9. The zero-order valence-electron chi connectivity index (χ0n) is 14.5. The Hall–Kier alpha value is -3.27. The van der Waals surface area contributed by atoms with Gasteiger partial charge in [-0.15, -0.1) is 10.2 Å². The van der Waals surface area contributed by atoms with Gasteiger partial charge in [0.15, 0.2) is 0 Å². The molecule has 7 nitrogen and oxygen atoms in total. The molecule has 0 aliphatic carbocycles. The van der Waals surface area contributed by atoms with Gasteiger partial charge in [0.05, 0.1) is 16.9 Å². The Labute approximate surface area is 174 Å². The molecule has 0 atom stereocenters. The van der Waals surface area contributed by atoms with E-state index in [0.29, 0.717) is 28.2 Å². The van der Waals surface area contributed by atoms with Gasteiger partial charge < -0.3 is 10.6 Å². The van der Waals surface area contributed by atoms with Crippen LogP contribution in [0.15, 0.2) is 83.0 Å². The monoisotopic (exact) mass is 486 g/mol. The number of carbonyl (C=O) groups is 2. The van der Waals surface area contributed by atoms with Crippen molar-refractivity contribution >= 4 is 51.5 Å². The van der Waals surface area contributed by atoms with Crippen molar-refractivity contribution in [3.63, 3.8) is 0 Å². The molecule has 0 radical (unpaired) electrons. The highest BCUT2D eigenvalue weighted by Gasteiger charge is 2.11. The number of nitrogens with two attached hydrogens (primary N) is 1. The maximum atomic E-state index is 12.1. The lowest BCUT2D eigenvalue weighted by Gasteiger charge is -2.07. The van der Waals surface area contributed by atoms with Crippen LogP contribution in [0.2, 0.25) is 0 Å². The third kappa shape index (κ3) is 5.13. The molecule has 0 unspecified atom stereocenters. The van der Waals surface area contributed by atoms with Gasteiger partial charge in [0.25, 0.3) is 5.91 Å². The maximum Gasteiger partial charge on any atom is 0.363 e. The summed E-state index contributed by atoms with van der Waals surface area (Å²) in [6.07, 6.45) is 0. The number of benzene rings is 3. The smallest absolute Gasteiger partial charge is 0.363 e. The first kappa shape index (κ1) is 19.5. The molecule has 3 aromatic rings. The molecule has 0 spiro atoms. The van der Waals surface area contributed by atoms with Crippen LogP contribution in [-0.2, 0) is 4.84 Å². The lowest BCUT2D eigenvalue weighted by molar-refractivity contribution is 0.0595. The Morgan fingerprint density at radius 2 is 1.71 bits per heavy atom. The average Bonchev–Trinajstić information content (AvgIpc) is 2.71. The Kier molecular flexibility index (Phi) is 6.33. The summed E-state index contributed by atoms with van der Waals surface area (Å²) in [6, 6.07) is 20.2. The number of hydrogen-bond acceptors (Lipinski definition) is 6. The molecular formula is C20H15IN4O3. The van der Waals surface area contributed by atoms with Crippen LogP contribution < -0.4 is 11.2 Å². The third-order valence-electron chi connectivity index (χ3n) is 3.61. The van der Waals surface area contributed by atoms with Crippen LogP contribution in [0.3, 0.4) is 0 Å². The van der Waals surface area contributed by atoms with E-state index in [-0.39, 0.29) is 0 Å². The van der Waals surface area contributed by atoms with Crippen molar-refractivity contribution < 1.29 is 14.4 Å². The summed E-state index contributed by atoms with van der Waals surface area (Å²) < 4.78 is 0.799. The standard InChI is InChI=1S/C20H15IN4O3/c21-18-7-2-1-6-17(18)20(27)28-25-16-10-8-15(9-11-16)23-24-19(26)13-4-3-5-14(22)12-13/h1-12,25H,22H2. The summed E-state index contributed by atoms with van der Waals surface area (Å²) in [6.45, 7) is 0. The number of hydrogen-bond donors (Lipinski definition) is 2. The van der Waals surface area contributed by atoms with E-state index in [1.54, 1.807) is 54.6 Å². The number of halogens is 1. The fourth-order valence-electron chi connectivity index (χ4n) is 2.22. The number of nitrogens with zero attached hydrogens (tertiary/aromatic N) is 2. The van der Waals surface area contributed by atoms with E-state index in [4.69, 9.17) is 10.6 Å². The first-order valence-electron chi connectivity index (χ1n) is 8.16. The normalized spacial score (nSPS) is 10.6. The summed E-state index contributed by atoms with van der Waals surface area (Å²) in [7, 11) is 0. The molecule has 8 heteroatoms. The van der Waals surface area contributed by atoms with E-state index in [9.17, 15) is 9.59 Å². The lowest BCUT2D eigenvalue weighted by Crippen LogP contribution is -2.11. The molecule has 1 amide bonds. The first-order valence-corrected chi connectivity index (χ1v) is 9.24. The molecule has 0 aromatic heterocycles. The second kappa shape index (κ2) is 9.09. The highest BCUT2D eigenvalue weighted by molar-refractivity contribution is 14.1. The number of anilines is 2. The number of azo groups is 1. The van der Waals surface area contributed by atoms with Gasteiger partial charge in [-0.2, -0.15) is 0 Å². The second-order valence-electron chi connectivity index (χ2n) is 5.65. The summed E-state index contributed by atoms with van der Waals surface area (Å²) >= 11 is 2.07. The molecule has 0 saturated carbocycles. The summed E-state index contributed by atoms with van der Waals surface area (Å²) in [4.78, 5) is 29.2. The van der Waals surface area contributed by atoms with Gasteiger partial charge in [0.1, 0.15) is 0 Å². The molecule has 3 rings (SSSR count). The van der Waals surface area contributed by atoms with Crippen molar-refractivity contribution in [3.8, 4) is 0 Å². The number of carbonyl (C=O) groups excluding carboxylic acids is 2. The van der Waals surface area contributed by atoms with Crippen molar-refractivity contribution in [1.29, 1.82) is 0 Å². The van der Waals surface area contributed by atoms with E-state index in [0.717, 1.165) is 3.57 Å². The summed E-state index contributed by atoms with van der Waals surface area (Å²) in [5.41, 5.74) is 10.6.